The summed E-state index contributed by atoms with van der Waals surface area (Å²) in [7, 11) is 1.64. The molecule has 0 saturated carbocycles. The standard InChI is InChI=1S/C9H14N2O2/c1-3-11-5-4-8-7(6-11)9(12-2)10-13-8/h3-6H2,1-2H3/p+1. The summed E-state index contributed by atoms with van der Waals surface area (Å²) in [5.74, 6) is 1.68. The lowest BCUT2D eigenvalue weighted by atomic mass is 10.1. The molecule has 0 fully saturated rings. The number of quaternary nitrogens is 1. The van der Waals surface area contributed by atoms with Crippen molar-refractivity contribution < 1.29 is 14.2 Å². The van der Waals surface area contributed by atoms with Crippen LogP contribution in [0.25, 0.3) is 0 Å². The molecule has 0 spiro atoms. The molecule has 0 radical (unpaired) electrons. The van der Waals surface area contributed by atoms with Gasteiger partial charge in [-0.2, -0.15) is 0 Å². The lowest BCUT2D eigenvalue weighted by molar-refractivity contribution is -0.914. The van der Waals surface area contributed by atoms with E-state index in [1.807, 2.05) is 0 Å². The highest BCUT2D eigenvalue weighted by molar-refractivity contribution is 5.28. The Morgan fingerprint density at radius 1 is 1.62 bits per heavy atom. The van der Waals surface area contributed by atoms with Crippen molar-refractivity contribution in [3.05, 3.63) is 11.3 Å². The molecule has 4 nitrogen and oxygen atoms in total. The van der Waals surface area contributed by atoms with Crippen LogP contribution in [0.5, 0.6) is 5.88 Å². The Morgan fingerprint density at radius 2 is 2.46 bits per heavy atom. The third kappa shape index (κ3) is 1.42. The highest BCUT2D eigenvalue weighted by atomic mass is 16.5. The van der Waals surface area contributed by atoms with Crippen LogP contribution < -0.4 is 9.64 Å². The van der Waals surface area contributed by atoms with Gasteiger partial charge in [0.25, 0.3) is 5.88 Å². The number of aromatic nitrogens is 1. The van der Waals surface area contributed by atoms with Gasteiger partial charge in [0.05, 0.1) is 26.6 Å². The zero-order chi connectivity index (χ0) is 9.26. The number of rotatable bonds is 2. The van der Waals surface area contributed by atoms with Crippen LogP contribution >= 0.6 is 0 Å². The largest absolute Gasteiger partial charge is 0.478 e. The van der Waals surface area contributed by atoms with E-state index in [9.17, 15) is 0 Å². The van der Waals surface area contributed by atoms with E-state index >= 15 is 0 Å². The van der Waals surface area contributed by atoms with E-state index in [2.05, 4.69) is 12.1 Å². The molecule has 0 saturated heterocycles. The van der Waals surface area contributed by atoms with Crippen molar-refractivity contribution in [2.45, 2.75) is 19.9 Å². The van der Waals surface area contributed by atoms with Crippen LogP contribution in [0.4, 0.5) is 0 Å². The molecule has 0 amide bonds. The molecule has 1 atom stereocenters. The SMILES string of the molecule is CC[NH+]1CCc2onc(OC)c2C1. The Kier molecular flexibility index (Phi) is 2.22. The molecule has 1 unspecified atom stereocenters. The summed E-state index contributed by atoms with van der Waals surface area (Å²) in [5.41, 5.74) is 1.16. The van der Waals surface area contributed by atoms with Crippen LogP contribution in [-0.4, -0.2) is 25.4 Å². The highest BCUT2D eigenvalue weighted by Gasteiger charge is 2.26. The lowest BCUT2D eigenvalue weighted by Crippen LogP contribution is -3.11. The number of nitrogens with zero attached hydrogens (tertiary/aromatic N) is 1. The van der Waals surface area contributed by atoms with Gasteiger partial charge in [0, 0.05) is 0 Å². The maximum absolute atomic E-state index is 5.18. The molecule has 2 heterocycles. The van der Waals surface area contributed by atoms with Crippen LogP contribution in [0, 0.1) is 0 Å². The molecular weight excluding hydrogens is 168 g/mol. The Hall–Kier alpha value is -1.03. The van der Waals surface area contributed by atoms with Gasteiger partial charge in [-0.1, -0.05) is 0 Å². The Morgan fingerprint density at radius 3 is 3.15 bits per heavy atom. The molecule has 1 N–H and O–H groups in total. The van der Waals surface area contributed by atoms with Crippen LogP contribution in [-0.2, 0) is 13.0 Å². The van der Waals surface area contributed by atoms with E-state index in [1.165, 1.54) is 0 Å². The van der Waals surface area contributed by atoms with Crippen molar-refractivity contribution in [2.24, 2.45) is 0 Å². The molecule has 0 aromatic carbocycles. The third-order valence-electron chi connectivity index (χ3n) is 2.66. The second-order valence-electron chi connectivity index (χ2n) is 3.37. The van der Waals surface area contributed by atoms with Gasteiger partial charge in [0.1, 0.15) is 12.1 Å². The van der Waals surface area contributed by atoms with Crippen molar-refractivity contribution >= 4 is 0 Å². The fraction of sp³-hybridized carbons (Fsp3) is 0.667. The van der Waals surface area contributed by atoms with Crippen LogP contribution in [0.15, 0.2) is 4.52 Å². The van der Waals surface area contributed by atoms with Gasteiger partial charge in [-0.15, -0.1) is 0 Å². The van der Waals surface area contributed by atoms with Crippen LogP contribution in [0.2, 0.25) is 0 Å². The Labute approximate surface area is 77.5 Å². The summed E-state index contributed by atoms with van der Waals surface area (Å²) >= 11 is 0. The minimum absolute atomic E-state index is 0.667. The minimum Gasteiger partial charge on any atom is -0.478 e. The summed E-state index contributed by atoms with van der Waals surface area (Å²) in [6, 6.07) is 0. The molecular formula is C9H15N2O2+. The normalized spacial score (nSPS) is 21.2. The van der Waals surface area contributed by atoms with Crippen molar-refractivity contribution in [1.82, 2.24) is 5.16 Å². The predicted molar refractivity (Wildman–Crippen MR) is 46.8 cm³/mol. The summed E-state index contributed by atoms with van der Waals surface area (Å²) in [5, 5.41) is 3.87. The highest BCUT2D eigenvalue weighted by Crippen LogP contribution is 2.21. The van der Waals surface area contributed by atoms with E-state index in [0.29, 0.717) is 5.88 Å². The Bertz CT molecular complexity index is 282. The zero-order valence-electron chi connectivity index (χ0n) is 8.09. The quantitative estimate of drug-likeness (QED) is 0.681. The lowest BCUT2D eigenvalue weighted by Gasteiger charge is -2.20. The first kappa shape index (κ1) is 8.56. The number of ether oxygens (including phenoxy) is 1. The molecule has 2 rings (SSSR count). The summed E-state index contributed by atoms with van der Waals surface area (Å²) in [6.45, 7) is 5.47. The van der Waals surface area contributed by atoms with Crippen molar-refractivity contribution in [2.75, 3.05) is 20.2 Å². The number of likely N-dealkylation sites (N-methyl/N-ethyl adjacent to an activating group) is 1. The molecule has 4 heteroatoms. The van der Waals surface area contributed by atoms with Gasteiger partial charge in [-0.25, -0.2) is 0 Å². The van der Waals surface area contributed by atoms with E-state index in [1.54, 1.807) is 12.0 Å². The zero-order valence-corrected chi connectivity index (χ0v) is 8.09. The van der Waals surface area contributed by atoms with Crippen LogP contribution in [0.3, 0.4) is 0 Å². The Balaban J connectivity index is 2.25. The average Bonchev–Trinajstić information content (AvgIpc) is 2.59. The maximum Gasteiger partial charge on any atom is 0.263 e. The predicted octanol–water partition coefficient (Wildman–Crippen LogP) is -0.356. The third-order valence-corrected chi connectivity index (χ3v) is 2.66. The summed E-state index contributed by atoms with van der Waals surface area (Å²) in [6.07, 6.45) is 0.981. The number of methoxy groups -OCH3 is 1. The van der Waals surface area contributed by atoms with Crippen molar-refractivity contribution in [3.8, 4) is 5.88 Å². The van der Waals surface area contributed by atoms with Gasteiger partial charge in [-0.05, 0) is 12.1 Å². The monoisotopic (exact) mass is 183 g/mol. The molecule has 0 aliphatic carbocycles. The minimum atomic E-state index is 0.667. The van der Waals surface area contributed by atoms with Gasteiger partial charge in [-0.3, -0.25) is 0 Å². The van der Waals surface area contributed by atoms with E-state index < -0.39 is 0 Å². The number of hydrogen-bond donors (Lipinski definition) is 1. The van der Waals surface area contributed by atoms with Gasteiger partial charge >= 0.3 is 0 Å². The number of nitrogens with one attached hydrogen (secondary N) is 1. The summed E-state index contributed by atoms with van der Waals surface area (Å²) < 4.78 is 10.3. The second kappa shape index (κ2) is 3.38. The van der Waals surface area contributed by atoms with E-state index in [-0.39, 0.29) is 0 Å². The van der Waals surface area contributed by atoms with E-state index in [4.69, 9.17) is 9.26 Å². The second-order valence-corrected chi connectivity index (χ2v) is 3.37. The number of fused-ring (bicyclic) bond motifs is 1. The summed E-state index contributed by atoms with van der Waals surface area (Å²) in [4.78, 5) is 1.56. The first-order valence-electron chi connectivity index (χ1n) is 4.70. The molecule has 72 valence electrons. The first-order valence-corrected chi connectivity index (χ1v) is 4.70. The average molecular weight is 183 g/mol. The van der Waals surface area contributed by atoms with Gasteiger partial charge in [0.15, 0.2) is 5.76 Å². The molecule has 1 aromatic heterocycles. The number of hydrogen-bond acceptors (Lipinski definition) is 3. The van der Waals surface area contributed by atoms with Gasteiger partial charge < -0.3 is 14.2 Å². The molecule has 0 bridgehead atoms. The van der Waals surface area contributed by atoms with Gasteiger partial charge in [0.2, 0.25) is 0 Å². The maximum atomic E-state index is 5.18. The van der Waals surface area contributed by atoms with Crippen molar-refractivity contribution in [3.63, 3.8) is 0 Å². The smallest absolute Gasteiger partial charge is 0.263 e. The fourth-order valence-corrected chi connectivity index (χ4v) is 1.79. The molecule has 1 aliphatic rings. The van der Waals surface area contributed by atoms with Crippen molar-refractivity contribution in [1.29, 1.82) is 0 Å². The molecule has 13 heavy (non-hydrogen) atoms. The van der Waals surface area contributed by atoms with E-state index in [0.717, 1.165) is 37.4 Å². The topological polar surface area (TPSA) is 39.7 Å². The van der Waals surface area contributed by atoms with Crippen LogP contribution in [0.1, 0.15) is 18.2 Å². The molecule has 1 aliphatic heterocycles. The fourth-order valence-electron chi connectivity index (χ4n) is 1.79. The first-order chi connectivity index (χ1) is 6.35. The molecule has 1 aromatic rings.